The van der Waals surface area contributed by atoms with E-state index in [-0.39, 0.29) is 11.3 Å². The summed E-state index contributed by atoms with van der Waals surface area (Å²) in [5, 5.41) is 12.7. The molecule has 3 aromatic carbocycles. The molecule has 1 fully saturated rings. The molecule has 5 rings (SSSR count). The second-order valence-electron chi connectivity index (χ2n) is 9.13. The molecule has 0 spiro atoms. The highest BCUT2D eigenvalue weighted by Gasteiger charge is 2.48. The van der Waals surface area contributed by atoms with Crippen molar-refractivity contribution in [1.82, 2.24) is 4.98 Å². The van der Waals surface area contributed by atoms with Crippen LogP contribution >= 0.6 is 34.5 Å². The zero-order chi connectivity index (χ0) is 28.4. The van der Waals surface area contributed by atoms with E-state index in [0.29, 0.717) is 56.5 Å². The SMILES string of the molecule is CCCCOc1ccc(C2/C(=C(\O)c3ccc(Cl)cc3)C(=O)C(=O)N2c2nc3ccc(Cl)cc3s2)cc1OCC. The largest absolute Gasteiger partial charge is 0.507 e. The van der Waals surface area contributed by atoms with Gasteiger partial charge in [-0.3, -0.25) is 14.5 Å². The van der Waals surface area contributed by atoms with Gasteiger partial charge in [-0.05, 0) is 73.5 Å². The Labute approximate surface area is 245 Å². The maximum atomic E-state index is 13.6. The Morgan fingerprint density at radius 2 is 1.73 bits per heavy atom. The number of aliphatic hydroxyl groups is 1. The standard InChI is InChI=1S/C30H26Cl2N2O5S/c1-3-5-14-39-22-13-8-18(15-23(22)38-4-2)26-25(27(35)17-6-9-19(31)10-7-17)28(36)29(37)34(26)30-33-21-12-11-20(32)16-24(21)40-30/h6-13,15-16,26,35H,3-5,14H2,1-2H3/b27-25+. The zero-order valence-corrected chi connectivity index (χ0v) is 24.1. The van der Waals surface area contributed by atoms with Crippen LogP contribution in [-0.4, -0.2) is 35.0 Å². The summed E-state index contributed by atoms with van der Waals surface area (Å²) in [5.74, 6) is -0.900. The molecule has 0 saturated carbocycles. The maximum Gasteiger partial charge on any atom is 0.301 e. The third-order valence-corrected chi connectivity index (χ3v) is 7.95. The second kappa shape index (κ2) is 11.9. The van der Waals surface area contributed by atoms with Gasteiger partial charge in [0, 0.05) is 15.6 Å². The van der Waals surface area contributed by atoms with Crippen molar-refractivity contribution in [3.05, 3.63) is 87.4 Å². The van der Waals surface area contributed by atoms with Gasteiger partial charge in [-0.1, -0.05) is 53.9 Å². The molecule has 0 bridgehead atoms. The van der Waals surface area contributed by atoms with E-state index in [2.05, 4.69) is 11.9 Å². The highest BCUT2D eigenvalue weighted by atomic mass is 35.5. The lowest BCUT2D eigenvalue weighted by molar-refractivity contribution is -0.132. The Morgan fingerprint density at radius 1 is 0.975 bits per heavy atom. The fourth-order valence-electron chi connectivity index (χ4n) is 4.51. The molecule has 1 N–H and O–H groups in total. The molecule has 0 radical (unpaired) electrons. The summed E-state index contributed by atoms with van der Waals surface area (Å²) < 4.78 is 12.6. The van der Waals surface area contributed by atoms with Gasteiger partial charge < -0.3 is 14.6 Å². The van der Waals surface area contributed by atoms with E-state index in [0.717, 1.165) is 17.5 Å². The Bertz CT molecular complexity index is 1620. The van der Waals surface area contributed by atoms with Gasteiger partial charge in [0.2, 0.25) is 0 Å². The van der Waals surface area contributed by atoms with E-state index in [4.69, 9.17) is 32.7 Å². The first-order valence-corrected chi connectivity index (χ1v) is 14.4. The average Bonchev–Trinajstić information content (AvgIpc) is 3.47. The molecule has 206 valence electrons. The van der Waals surface area contributed by atoms with Crippen molar-refractivity contribution in [3.8, 4) is 11.5 Å². The molecule has 1 atom stereocenters. The van der Waals surface area contributed by atoms with Crippen LogP contribution in [0.4, 0.5) is 5.13 Å². The summed E-state index contributed by atoms with van der Waals surface area (Å²) in [6, 6.07) is 15.9. The van der Waals surface area contributed by atoms with Crippen LogP contribution in [0.3, 0.4) is 0 Å². The molecular weight excluding hydrogens is 571 g/mol. The number of benzene rings is 3. The van der Waals surface area contributed by atoms with E-state index in [1.807, 2.05) is 6.92 Å². The van der Waals surface area contributed by atoms with Gasteiger partial charge in [0.1, 0.15) is 5.76 Å². The number of unbranched alkanes of at least 4 members (excludes halogenated alkanes) is 1. The van der Waals surface area contributed by atoms with Gasteiger partial charge in [-0.15, -0.1) is 0 Å². The van der Waals surface area contributed by atoms with Crippen molar-refractivity contribution < 1.29 is 24.2 Å². The number of ether oxygens (including phenoxy) is 2. The number of carbonyl (C=O) groups is 2. The van der Waals surface area contributed by atoms with Crippen LogP contribution in [0, 0.1) is 0 Å². The summed E-state index contributed by atoms with van der Waals surface area (Å²) in [7, 11) is 0. The molecule has 0 aliphatic carbocycles. The lowest BCUT2D eigenvalue weighted by Crippen LogP contribution is -2.29. The third kappa shape index (κ3) is 5.39. The molecule has 1 aliphatic rings. The number of nitrogens with zero attached hydrogens (tertiary/aromatic N) is 2. The second-order valence-corrected chi connectivity index (χ2v) is 11.0. The van der Waals surface area contributed by atoms with Crippen LogP contribution in [0.2, 0.25) is 10.0 Å². The number of ketones is 1. The molecule has 1 unspecified atom stereocenters. The summed E-state index contributed by atoms with van der Waals surface area (Å²) in [6.45, 7) is 4.85. The quantitative estimate of drug-likeness (QED) is 0.0917. The van der Waals surface area contributed by atoms with Gasteiger partial charge in [0.15, 0.2) is 16.6 Å². The number of aromatic nitrogens is 1. The number of hydrogen-bond donors (Lipinski definition) is 1. The highest BCUT2D eigenvalue weighted by Crippen LogP contribution is 2.46. The summed E-state index contributed by atoms with van der Waals surface area (Å²) in [4.78, 5) is 33.1. The predicted molar refractivity (Wildman–Crippen MR) is 159 cm³/mol. The topological polar surface area (TPSA) is 89.0 Å². The number of carbonyl (C=O) groups excluding carboxylic acids is 2. The lowest BCUT2D eigenvalue weighted by Gasteiger charge is -2.24. The van der Waals surface area contributed by atoms with E-state index in [1.165, 1.54) is 16.2 Å². The zero-order valence-electron chi connectivity index (χ0n) is 21.8. The number of aliphatic hydroxyl groups excluding tert-OH is 1. The number of Topliss-reactive ketones (excluding diaryl/α,β-unsaturated/α-hetero) is 1. The minimum absolute atomic E-state index is 0.0632. The number of thiazole rings is 1. The van der Waals surface area contributed by atoms with Crippen LogP contribution in [0.25, 0.3) is 16.0 Å². The normalized spacial score (nSPS) is 16.6. The minimum atomic E-state index is -0.976. The number of fused-ring (bicyclic) bond motifs is 1. The lowest BCUT2D eigenvalue weighted by atomic mass is 9.95. The van der Waals surface area contributed by atoms with Gasteiger partial charge in [0.25, 0.3) is 5.78 Å². The van der Waals surface area contributed by atoms with E-state index in [9.17, 15) is 14.7 Å². The van der Waals surface area contributed by atoms with Crippen molar-refractivity contribution >= 4 is 67.3 Å². The smallest absolute Gasteiger partial charge is 0.301 e. The Morgan fingerprint density at radius 3 is 2.45 bits per heavy atom. The monoisotopic (exact) mass is 596 g/mol. The molecule has 2 heterocycles. The summed E-state index contributed by atoms with van der Waals surface area (Å²) >= 11 is 13.5. The fourth-order valence-corrected chi connectivity index (χ4v) is 5.90. The Balaban J connectivity index is 1.69. The Hall–Kier alpha value is -3.59. The molecule has 1 aromatic heterocycles. The maximum absolute atomic E-state index is 13.6. The van der Waals surface area contributed by atoms with Crippen LogP contribution < -0.4 is 14.4 Å². The van der Waals surface area contributed by atoms with Crippen LogP contribution in [0.5, 0.6) is 11.5 Å². The van der Waals surface area contributed by atoms with Crippen molar-refractivity contribution in [2.24, 2.45) is 0 Å². The highest BCUT2D eigenvalue weighted by molar-refractivity contribution is 7.22. The van der Waals surface area contributed by atoms with Gasteiger partial charge in [0.05, 0.1) is 35.0 Å². The summed E-state index contributed by atoms with van der Waals surface area (Å²) in [5.41, 5.74) is 1.48. The minimum Gasteiger partial charge on any atom is -0.507 e. The summed E-state index contributed by atoms with van der Waals surface area (Å²) in [6.07, 6.45) is 1.87. The molecule has 40 heavy (non-hydrogen) atoms. The van der Waals surface area contributed by atoms with Crippen molar-refractivity contribution in [2.75, 3.05) is 18.1 Å². The van der Waals surface area contributed by atoms with Crippen molar-refractivity contribution in [2.45, 2.75) is 32.7 Å². The first kappa shape index (κ1) is 28.0. The van der Waals surface area contributed by atoms with Gasteiger partial charge in [-0.25, -0.2) is 4.98 Å². The first-order valence-electron chi connectivity index (χ1n) is 12.8. The number of hydrogen-bond acceptors (Lipinski definition) is 7. The van der Waals surface area contributed by atoms with Gasteiger partial charge in [-0.2, -0.15) is 0 Å². The fraction of sp³-hybridized carbons (Fsp3) is 0.233. The Kier molecular flexibility index (Phi) is 8.30. The molecule has 1 aliphatic heterocycles. The van der Waals surface area contributed by atoms with Crippen molar-refractivity contribution in [3.63, 3.8) is 0 Å². The van der Waals surface area contributed by atoms with Crippen molar-refractivity contribution in [1.29, 1.82) is 0 Å². The van der Waals surface area contributed by atoms with Crippen LogP contribution in [0.1, 0.15) is 43.9 Å². The first-order chi connectivity index (χ1) is 19.3. The third-order valence-electron chi connectivity index (χ3n) is 6.45. The number of rotatable bonds is 9. The predicted octanol–water partition coefficient (Wildman–Crippen LogP) is 7.81. The molecule has 1 amide bonds. The molecule has 4 aromatic rings. The van der Waals surface area contributed by atoms with Crippen LogP contribution in [-0.2, 0) is 9.59 Å². The van der Waals surface area contributed by atoms with E-state index < -0.39 is 17.7 Å². The number of halogens is 2. The van der Waals surface area contributed by atoms with Gasteiger partial charge >= 0.3 is 5.91 Å². The number of anilines is 1. The molecular formula is C30H26Cl2N2O5S. The van der Waals surface area contributed by atoms with E-state index >= 15 is 0 Å². The molecule has 1 saturated heterocycles. The molecule has 7 nitrogen and oxygen atoms in total. The number of amides is 1. The van der Waals surface area contributed by atoms with Crippen LogP contribution in [0.15, 0.2) is 66.2 Å². The average molecular weight is 598 g/mol. The van der Waals surface area contributed by atoms with E-state index in [1.54, 1.807) is 60.7 Å². The molecule has 10 heteroatoms.